The number of aromatic amines is 1. The summed E-state index contributed by atoms with van der Waals surface area (Å²) in [6.45, 7) is 3.67. The molecule has 4 aromatic rings. The van der Waals surface area contributed by atoms with Gasteiger partial charge in [-0.2, -0.15) is 0 Å². The number of anilines is 1. The van der Waals surface area contributed by atoms with Gasteiger partial charge in [0.25, 0.3) is 5.91 Å². The van der Waals surface area contributed by atoms with Gasteiger partial charge in [-0.15, -0.1) is 11.3 Å². The molecule has 0 spiro atoms. The Morgan fingerprint density at radius 1 is 1.14 bits per heavy atom. The van der Waals surface area contributed by atoms with Crippen LogP contribution in [-0.4, -0.2) is 41.0 Å². The van der Waals surface area contributed by atoms with E-state index in [4.69, 9.17) is 9.47 Å². The number of hydrogen-bond donors (Lipinski definition) is 2. The molecule has 5 rings (SSSR count). The number of benzene rings is 2. The number of rotatable bonds is 6. The van der Waals surface area contributed by atoms with Crippen LogP contribution in [0.1, 0.15) is 51.4 Å². The lowest BCUT2D eigenvalue weighted by Crippen LogP contribution is -2.30. The molecular formula is C28H27N3O5S. The lowest BCUT2D eigenvalue weighted by Gasteiger charge is -2.18. The number of hydrogen-bond acceptors (Lipinski definition) is 7. The van der Waals surface area contributed by atoms with Crippen molar-refractivity contribution in [2.75, 3.05) is 12.4 Å². The summed E-state index contributed by atoms with van der Waals surface area (Å²) in [6.07, 6.45) is 1.52. The van der Waals surface area contributed by atoms with E-state index >= 15 is 0 Å². The molecule has 2 N–H and O–H groups in total. The summed E-state index contributed by atoms with van der Waals surface area (Å²) >= 11 is 1.39. The number of carbonyl (C=O) groups is 3. The monoisotopic (exact) mass is 517 g/mol. The van der Waals surface area contributed by atoms with E-state index in [1.54, 1.807) is 18.2 Å². The van der Waals surface area contributed by atoms with Gasteiger partial charge in [-0.3, -0.25) is 4.79 Å². The third kappa shape index (κ3) is 4.99. The number of amides is 1. The molecule has 0 saturated carbocycles. The van der Waals surface area contributed by atoms with Crippen LogP contribution in [0.25, 0.3) is 22.4 Å². The van der Waals surface area contributed by atoms with Crippen molar-refractivity contribution < 1.29 is 23.9 Å². The van der Waals surface area contributed by atoms with Crippen LogP contribution in [0.2, 0.25) is 0 Å². The summed E-state index contributed by atoms with van der Waals surface area (Å²) in [5.74, 6) is -0.416. The number of esters is 2. The van der Waals surface area contributed by atoms with Crippen molar-refractivity contribution in [3.63, 3.8) is 0 Å². The van der Waals surface area contributed by atoms with E-state index < -0.39 is 23.9 Å². The molecule has 0 fully saturated rings. The minimum atomic E-state index is -1.08. The molecule has 8 nitrogen and oxygen atoms in total. The lowest BCUT2D eigenvalue weighted by molar-refractivity contribution is -0.123. The smallest absolute Gasteiger partial charge is 0.341 e. The van der Waals surface area contributed by atoms with Gasteiger partial charge in [0, 0.05) is 10.4 Å². The highest BCUT2D eigenvalue weighted by Crippen LogP contribution is 2.40. The molecule has 2 unspecified atom stereocenters. The molecule has 2 aromatic heterocycles. The van der Waals surface area contributed by atoms with Crippen molar-refractivity contribution >= 4 is 45.2 Å². The van der Waals surface area contributed by atoms with Crippen LogP contribution in [-0.2, 0) is 27.1 Å². The molecule has 2 heterocycles. The van der Waals surface area contributed by atoms with E-state index in [1.165, 1.54) is 25.4 Å². The van der Waals surface area contributed by atoms with Crippen molar-refractivity contribution in [3.8, 4) is 11.4 Å². The number of nitrogens with one attached hydrogen (secondary N) is 2. The second kappa shape index (κ2) is 10.2. The molecule has 9 heteroatoms. The molecule has 1 aliphatic carbocycles. The lowest BCUT2D eigenvalue weighted by atomic mass is 9.88. The number of imidazole rings is 1. The van der Waals surface area contributed by atoms with Crippen molar-refractivity contribution in [2.24, 2.45) is 5.92 Å². The molecule has 2 aromatic carbocycles. The maximum atomic E-state index is 12.9. The molecular weight excluding hydrogens is 490 g/mol. The van der Waals surface area contributed by atoms with Gasteiger partial charge >= 0.3 is 11.9 Å². The molecule has 0 saturated heterocycles. The fourth-order valence-electron chi connectivity index (χ4n) is 4.52. The number of aromatic nitrogens is 2. The van der Waals surface area contributed by atoms with Crippen LogP contribution in [0.3, 0.4) is 0 Å². The van der Waals surface area contributed by atoms with E-state index in [2.05, 4.69) is 22.2 Å². The Morgan fingerprint density at radius 2 is 1.92 bits per heavy atom. The van der Waals surface area contributed by atoms with Crippen molar-refractivity contribution in [1.82, 2.24) is 9.97 Å². The minimum Gasteiger partial charge on any atom is -0.465 e. The van der Waals surface area contributed by atoms with Gasteiger partial charge in [0.05, 0.1) is 29.3 Å². The topological polar surface area (TPSA) is 110 Å². The first kappa shape index (κ1) is 24.7. The summed E-state index contributed by atoms with van der Waals surface area (Å²) in [7, 11) is 1.33. The van der Waals surface area contributed by atoms with Gasteiger partial charge in [-0.05, 0) is 55.9 Å². The number of methoxy groups -OCH3 is 1. The molecule has 37 heavy (non-hydrogen) atoms. The summed E-state index contributed by atoms with van der Waals surface area (Å²) in [4.78, 5) is 47.2. The van der Waals surface area contributed by atoms with Crippen LogP contribution >= 0.6 is 11.3 Å². The zero-order valence-electron chi connectivity index (χ0n) is 20.8. The summed E-state index contributed by atoms with van der Waals surface area (Å²) < 4.78 is 10.4. The molecule has 190 valence electrons. The Hall–Kier alpha value is -3.98. The third-order valence-electron chi connectivity index (χ3n) is 6.56. The first-order valence-electron chi connectivity index (χ1n) is 12.1. The summed E-state index contributed by atoms with van der Waals surface area (Å²) in [5.41, 5.74) is 3.98. The Labute approximate surface area is 218 Å². The van der Waals surface area contributed by atoms with E-state index in [-0.39, 0.29) is 0 Å². The van der Waals surface area contributed by atoms with Crippen LogP contribution in [0.4, 0.5) is 5.00 Å². The second-order valence-corrected chi connectivity index (χ2v) is 10.4. The Kier molecular flexibility index (Phi) is 6.80. The largest absolute Gasteiger partial charge is 0.465 e. The SMILES string of the molecule is COC(=O)c1c(NC(=O)C(C)OC(=O)c2ccc3nc(-c4ccccc4)[nH]c3c2)sc2c1CCC(C)C2. The second-order valence-electron chi connectivity index (χ2n) is 9.27. The van der Waals surface area contributed by atoms with E-state index in [0.717, 1.165) is 35.3 Å². The molecule has 0 radical (unpaired) electrons. The molecule has 2 atom stereocenters. The Morgan fingerprint density at radius 3 is 2.68 bits per heavy atom. The highest BCUT2D eigenvalue weighted by atomic mass is 32.1. The summed E-state index contributed by atoms with van der Waals surface area (Å²) in [6, 6.07) is 14.7. The first-order chi connectivity index (χ1) is 17.8. The van der Waals surface area contributed by atoms with Crippen LogP contribution in [0.5, 0.6) is 0 Å². The maximum Gasteiger partial charge on any atom is 0.341 e. The van der Waals surface area contributed by atoms with Gasteiger partial charge in [-0.25, -0.2) is 14.6 Å². The van der Waals surface area contributed by atoms with Crippen molar-refractivity contribution in [1.29, 1.82) is 0 Å². The predicted octanol–water partition coefficient (Wildman–Crippen LogP) is 5.39. The molecule has 1 amide bonds. The molecule has 0 bridgehead atoms. The number of fused-ring (bicyclic) bond motifs is 2. The fourth-order valence-corrected chi connectivity index (χ4v) is 5.92. The zero-order valence-corrected chi connectivity index (χ0v) is 21.6. The fraction of sp³-hybridized carbons (Fsp3) is 0.286. The third-order valence-corrected chi connectivity index (χ3v) is 7.73. The van der Waals surface area contributed by atoms with Gasteiger partial charge in [0.1, 0.15) is 10.8 Å². The van der Waals surface area contributed by atoms with Gasteiger partial charge in [0.15, 0.2) is 6.10 Å². The Bertz CT molecular complexity index is 1490. The standard InChI is InChI=1S/C28H27N3O5S/c1-15-9-11-19-22(13-15)37-26(23(19)28(34)35-3)31-25(32)16(2)36-27(33)18-10-12-20-21(14-18)30-24(29-20)17-7-5-4-6-8-17/h4-8,10,12,14-16H,9,11,13H2,1-3H3,(H,29,30)(H,31,32). The van der Waals surface area contributed by atoms with Crippen molar-refractivity contribution in [3.05, 3.63) is 70.1 Å². The molecule has 0 aliphatic heterocycles. The van der Waals surface area contributed by atoms with Crippen molar-refractivity contribution in [2.45, 2.75) is 39.2 Å². The zero-order chi connectivity index (χ0) is 26.1. The normalized spacial score (nSPS) is 15.6. The Balaban J connectivity index is 1.30. The average Bonchev–Trinajstić information content (AvgIpc) is 3.49. The molecule has 1 aliphatic rings. The van der Waals surface area contributed by atoms with Gasteiger partial charge < -0.3 is 19.8 Å². The van der Waals surface area contributed by atoms with E-state index in [9.17, 15) is 14.4 Å². The maximum absolute atomic E-state index is 12.9. The highest BCUT2D eigenvalue weighted by Gasteiger charge is 2.30. The quantitative estimate of drug-likeness (QED) is 0.332. The van der Waals surface area contributed by atoms with E-state index in [1.807, 2.05) is 30.3 Å². The minimum absolute atomic E-state index is 0.297. The van der Waals surface area contributed by atoms with Gasteiger partial charge in [0.2, 0.25) is 0 Å². The van der Waals surface area contributed by atoms with Gasteiger partial charge in [-0.1, -0.05) is 37.3 Å². The predicted molar refractivity (Wildman–Crippen MR) is 142 cm³/mol. The van der Waals surface area contributed by atoms with Crippen LogP contribution in [0, 0.1) is 5.92 Å². The number of nitrogens with zero attached hydrogens (tertiary/aromatic N) is 1. The van der Waals surface area contributed by atoms with Crippen LogP contribution < -0.4 is 5.32 Å². The highest BCUT2D eigenvalue weighted by molar-refractivity contribution is 7.17. The number of ether oxygens (including phenoxy) is 2. The van der Waals surface area contributed by atoms with E-state index in [0.29, 0.717) is 38.9 Å². The number of carbonyl (C=O) groups excluding carboxylic acids is 3. The summed E-state index contributed by atoms with van der Waals surface area (Å²) in [5, 5.41) is 3.23. The number of H-pyrrole nitrogens is 1. The first-order valence-corrected chi connectivity index (χ1v) is 13.0. The number of thiophene rings is 1. The average molecular weight is 518 g/mol. The van der Waals surface area contributed by atoms with Crippen LogP contribution in [0.15, 0.2) is 48.5 Å².